The van der Waals surface area contributed by atoms with E-state index < -0.39 is 0 Å². The number of nitrogens with one attached hydrogen (secondary N) is 2. The van der Waals surface area contributed by atoms with E-state index in [0.29, 0.717) is 19.5 Å². The molecule has 0 saturated carbocycles. The average molecular weight is 342 g/mol. The molecule has 0 radical (unpaired) electrons. The number of carbonyl (C=O) groups is 3. The van der Waals surface area contributed by atoms with E-state index >= 15 is 0 Å². The fourth-order valence-corrected chi connectivity index (χ4v) is 2.80. The average Bonchev–Trinajstić information content (AvgIpc) is 3.00. The molecule has 0 spiro atoms. The van der Waals surface area contributed by atoms with E-state index in [9.17, 15) is 14.4 Å². The van der Waals surface area contributed by atoms with E-state index in [-0.39, 0.29) is 22.7 Å². The Balaban J connectivity index is 1.93. The molecule has 1 rings (SSSR count). The molecule has 1 aromatic rings. The van der Waals surface area contributed by atoms with Crippen LogP contribution in [-0.4, -0.2) is 29.2 Å². The number of thioether (sulfide) groups is 1. The van der Waals surface area contributed by atoms with Crippen molar-refractivity contribution in [2.24, 2.45) is 0 Å². The molecule has 7 heteroatoms. The first-order valence-corrected chi connectivity index (χ1v) is 9.13. The van der Waals surface area contributed by atoms with Gasteiger partial charge in [-0.2, -0.15) is 0 Å². The maximum absolute atomic E-state index is 11.6. The first-order valence-electron chi connectivity index (χ1n) is 7.27. The minimum atomic E-state index is -0.117. The zero-order valence-electron chi connectivity index (χ0n) is 12.7. The maximum atomic E-state index is 11.6. The van der Waals surface area contributed by atoms with Crippen molar-refractivity contribution in [3.63, 3.8) is 0 Å². The minimum absolute atomic E-state index is 0.0521. The van der Waals surface area contributed by atoms with Gasteiger partial charge in [0.2, 0.25) is 11.8 Å². The molecule has 5 nitrogen and oxygen atoms in total. The van der Waals surface area contributed by atoms with Gasteiger partial charge in [0.05, 0.1) is 12.3 Å². The smallest absolute Gasteiger partial charge is 0.230 e. The standard InChI is InChI=1S/C15H22N2O3S2/c1-12(18)22-11-15(20)16-8-4-2-3-7-14(19)17-10-13-6-5-9-21-13/h5-6,9H,2-4,7-8,10-11H2,1H3,(H,16,20)(H,17,19). The van der Waals surface area contributed by atoms with E-state index in [2.05, 4.69) is 10.6 Å². The molecule has 22 heavy (non-hydrogen) atoms. The van der Waals surface area contributed by atoms with Gasteiger partial charge in [0.15, 0.2) is 5.12 Å². The Morgan fingerprint density at radius 3 is 2.64 bits per heavy atom. The number of hydrogen-bond acceptors (Lipinski definition) is 5. The molecular formula is C15H22N2O3S2. The number of hydrogen-bond donors (Lipinski definition) is 2. The van der Waals surface area contributed by atoms with Gasteiger partial charge in [-0.25, -0.2) is 0 Å². The lowest BCUT2D eigenvalue weighted by Crippen LogP contribution is -2.26. The molecule has 2 N–H and O–H groups in total. The van der Waals surface area contributed by atoms with Crippen LogP contribution in [0.25, 0.3) is 0 Å². The molecule has 122 valence electrons. The number of rotatable bonds is 10. The van der Waals surface area contributed by atoms with Gasteiger partial charge in [-0.15, -0.1) is 11.3 Å². The molecule has 0 aliphatic carbocycles. The molecule has 0 aliphatic rings. The molecule has 0 aromatic carbocycles. The first kappa shape index (κ1) is 18.7. The van der Waals surface area contributed by atoms with Gasteiger partial charge in [-0.05, 0) is 24.3 Å². The summed E-state index contributed by atoms with van der Waals surface area (Å²) in [5, 5.41) is 7.59. The highest BCUT2D eigenvalue weighted by Crippen LogP contribution is 2.08. The normalized spacial score (nSPS) is 10.2. The van der Waals surface area contributed by atoms with E-state index in [1.54, 1.807) is 11.3 Å². The quantitative estimate of drug-likeness (QED) is 0.640. The van der Waals surface area contributed by atoms with Crippen LogP contribution in [0.2, 0.25) is 0 Å². The van der Waals surface area contributed by atoms with E-state index in [1.807, 2.05) is 17.5 Å². The Bertz CT molecular complexity index is 475. The highest BCUT2D eigenvalue weighted by atomic mass is 32.2. The van der Waals surface area contributed by atoms with Crippen LogP contribution in [0.5, 0.6) is 0 Å². The van der Waals surface area contributed by atoms with Gasteiger partial charge in [0.1, 0.15) is 0 Å². The summed E-state index contributed by atoms with van der Waals surface area (Å²) in [7, 11) is 0. The first-order chi connectivity index (χ1) is 10.6. The summed E-state index contributed by atoms with van der Waals surface area (Å²) < 4.78 is 0. The summed E-state index contributed by atoms with van der Waals surface area (Å²) in [5.74, 6) is 0.129. The Morgan fingerprint density at radius 1 is 1.14 bits per heavy atom. The molecule has 0 bridgehead atoms. The minimum Gasteiger partial charge on any atom is -0.355 e. The zero-order chi connectivity index (χ0) is 16.2. The molecule has 1 aromatic heterocycles. The zero-order valence-corrected chi connectivity index (χ0v) is 14.4. The second-order valence-electron chi connectivity index (χ2n) is 4.80. The third kappa shape index (κ3) is 9.57. The third-order valence-corrected chi connectivity index (χ3v) is 4.54. The Kier molecular flexibility index (Phi) is 9.57. The fourth-order valence-electron chi connectivity index (χ4n) is 1.72. The number of amides is 2. The van der Waals surface area contributed by atoms with Crippen molar-refractivity contribution in [1.82, 2.24) is 10.6 Å². The van der Waals surface area contributed by atoms with Crippen LogP contribution in [-0.2, 0) is 20.9 Å². The third-order valence-electron chi connectivity index (χ3n) is 2.85. The number of unbranched alkanes of at least 4 members (excludes halogenated alkanes) is 2. The Morgan fingerprint density at radius 2 is 1.95 bits per heavy atom. The summed E-state index contributed by atoms with van der Waals surface area (Å²) in [6, 6.07) is 3.97. The van der Waals surface area contributed by atoms with Crippen LogP contribution in [0.4, 0.5) is 0 Å². The lowest BCUT2D eigenvalue weighted by Gasteiger charge is -2.05. The van der Waals surface area contributed by atoms with Crippen molar-refractivity contribution in [1.29, 1.82) is 0 Å². The fraction of sp³-hybridized carbons (Fsp3) is 0.533. The number of carbonyl (C=O) groups excluding carboxylic acids is 3. The maximum Gasteiger partial charge on any atom is 0.230 e. The molecule has 0 fully saturated rings. The van der Waals surface area contributed by atoms with Crippen LogP contribution < -0.4 is 10.6 Å². The van der Waals surface area contributed by atoms with Crippen molar-refractivity contribution >= 4 is 40.0 Å². The highest BCUT2D eigenvalue weighted by Gasteiger charge is 2.04. The van der Waals surface area contributed by atoms with Crippen molar-refractivity contribution in [3.05, 3.63) is 22.4 Å². The lowest BCUT2D eigenvalue weighted by atomic mass is 10.2. The van der Waals surface area contributed by atoms with Crippen LogP contribution in [0.1, 0.15) is 37.5 Å². The molecular weight excluding hydrogens is 320 g/mol. The van der Waals surface area contributed by atoms with Crippen LogP contribution in [0.3, 0.4) is 0 Å². The predicted molar refractivity (Wildman–Crippen MR) is 90.8 cm³/mol. The highest BCUT2D eigenvalue weighted by molar-refractivity contribution is 8.14. The van der Waals surface area contributed by atoms with Crippen LogP contribution in [0, 0.1) is 0 Å². The van der Waals surface area contributed by atoms with Crippen LogP contribution >= 0.6 is 23.1 Å². The second kappa shape index (κ2) is 11.3. The van der Waals surface area contributed by atoms with Gasteiger partial charge in [-0.3, -0.25) is 14.4 Å². The summed E-state index contributed by atoms with van der Waals surface area (Å²) in [6.45, 7) is 2.63. The molecule has 0 aliphatic heterocycles. The molecule has 1 heterocycles. The van der Waals surface area contributed by atoms with Gasteiger partial charge in [0.25, 0.3) is 0 Å². The Labute approximate surface area is 139 Å². The summed E-state index contributed by atoms with van der Waals surface area (Å²) in [6.07, 6.45) is 3.06. The van der Waals surface area contributed by atoms with Crippen molar-refractivity contribution < 1.29 is 14.4 Å². The molecule has 0 saturated heterocycles. The van der Waals surface area contributed by atoms with Crippen molar-refractivity contribution in [2.75, 3.05) is 12.3 Å². The summed E-state index contributed by atoms with van der Waals surface area (Å²) in [5.41, 5.74) is 0. The summed E-state index contributed by atoms with van der Waals surface area (Å²) in [4.78, 5) is 34.8. The summed E-state index contributed by atoms with van der Waals surface area (Å²) >= 11 is 2.64. The molecule has 2 amide bonds. The van der Waals surface area contributed by atoms with E-state index in [1.165, 1.54) is 6.92 Å². The molecule has 0 atom stereocenters. The van der Waals surface area contributed by atoms with Gasteiger partial charge in [-0.1, -0.05) is 24.2 Å². The Hall–Kier alpha value is -1.34. The van der Waals surface area contributed by atoms with Gasteiger partial charge in [0, 0.05) is 24.8 Å². The van der Waals surface area contributed by atoms with Crippen LogP contribution in [0.15, 0.2) is 17.5 Å². The van der Waals surface area contributed by atoms with Crippen molar-refractivity contribution in [2.45, 2.75) is 39.2 Å². The van der Waals surface area contributed by atoms with E-state index in [0.717, 1.165) is 35.9 Å². The monoisotopic (exact) mass is 342 g/mol. The molecule has 0 unspecified atom stereocenters. The largest absolute Gasteiger partial charge is 0.355 e. The number of thiophene rings is 1. The topological polar surface area (TPSA) is 75.3 Å². The van der Waals surface area contributed by atoms with Gasteiger partial charge >= 0.3 is 0 Å². The van der Waals surface area contributed by atoms with Gasteiger partial charge < -0.3 is 10.6 Å². The van der Waals surface area contributed by atoms with E-state index in [4.69, 9.17) is 0 Å². The van der Waals surface area contributed by atoms with Crippen molar-refractivity contribution in [3.8, 4) is 0 Å². The SMILES string of the molecule is CC(=O)SCC(=O)NCCCCCC(=O)NCc1cccs1. The second-order valence-corrected chi connectivity index (χ2v) is 6.98. The lowest BCUT2D eigenvalue weighted by molar-refractivity contribution is -0.121. The predicted octanol–water partition coefficient (Wildman–Crippen LogP) is 2.32.